The first kappa shape index (κ1) is 28.6. The van der Waals surface area contributed by atoms with E-state index < -0.39 is 29.3 Å². The number of benzene rings is 2. The summed E-state index contributed by atoms with van der Waals surface area (Å²) in [4.78, 5) is 48.4. The van der Waals surface area contributed by atoms with Gasteiger partial charge in [-0.15, -0.1) is 0 Å². The van der Waals surface area contributed by atoms with Crippen molar-refractivity contribution in [1.82, 2.24) is 18.7 Å². The first-order valence-corrected chi connectivity index (χ1v) is 13.0. The Bertz CT molecular complexity index is 1690. The van der Waals surface area contributed by atoms with Crippen LogP contribution in [-0.4, -0.2) is 31.8 Å². The number of aryl methyl sites for hydroxylation is 1. The van der Waals surface area contributed by atoms with Crippen molar-refractivity contribution < 1.29 is 14.3 Å². The van der Waals surface area contributed by atoms with Crippen molar-refractivity contribution in [2.45, 2.75) is 33.4 Å². The molecule has 0 N–H and O–H groups in total. The molecular weight excluding hydrogens is 534 g/mol. The Kier molecular flexibility index (Phi) is 8.69. The number of methoxy groups -OCH3 is 1. The average Bonchev–Trinajstić information content (AvgIpc) is 2.96. The van der Waals surface area contributed by atoms with Gasteiger partial charge in [-0.3, -0.25) is 18.9 Å². The Balaban J connectivity index is 1.82. The number of pyridine rings is 1. The van der Waals surface area contributed by atoms with Gasteiger partial charge in [0.2, 0.25) is 5.62 Å². The molecule has 0 aliphatic heterocycles. The monoisotopic (exact) mass is 563 g/mol. The number of nitrogens with zero attached hydrogens (tertiary/aromatic N) is 5. The Hall–Kier alpha value is -4.44. The lowest BCUT2D eigenvalue weighted by Crippen LogP contribution is -2.56. The molecule has 0 fully saturated rings. The minimum Gasteiger partial charge on any atom is -0.469 e. The number of hydrogen-bond acceptors (Lipinski definition) is 7. The van der Waals surface area contributed by atoms with E-state index >= 15 is 0 Å². The number of hydrogen-bond donors (Lipinski definition) is 0. The molecule has 10 nitrogen and oxygen atoms in total. The highest BCUT2D eigenvalue weighted by Crippen LogP contribution is 2.23. The van der Waals surface area contributed by atoms with Crippen LogP contribution in [-0.2, 0) is 23.1 Å². The van der Waals surface area contributed by atoms with Gasteiger partial charge in [0.15, 0.2) is 0 Å². The molecule has 0 radical (unpaired) electrons. The van der Waals surface area contributed by atoms with Crippen molar-refractivity contribution in [3.63, 3.8) is 0 Å². The van der Waals surface area contributed by atoms with Gasteiger partial charge in [-0.2, -0.15) is 0 Å². The van der Waals surface area contributed by atoms with Gasteiger partial charge in [0.25, 0.3) is 0 Å². The van der Waals surface area contributed by atoms with Gasteiger partial charge in [0, 0.05) is 17.8 Å². The van der Waals surface area contributed by atoms with Gasteiger partial charge in [-0.1, -0.05) is 23.7 Å². The Morgan fingerprint density at radius 2 is 1.62 bits per heavy atom. The first-order chi connectivity index (χ1) is 19.1. The summed E-state index contributed by atoms with van der Waals surface area (Å²) in [6.45, 7) is 5.26. The van der Waals surface area contributed by atoms with Gasteiger partial charge < -0.3 is 9.47 Å². The van der Waals surface area contributed by atoms with E-state index in [1.165, 1.54) is 23.3 Å². The Labute approximate surface area is 235 Å². The molecule has 4 aromatic rings. The van der Waals surface area contributed by atoms with Gasteiger partial charge in [0.1, 0.15) is 11.5 Å². The normalized spacial score (nSPS) is 13.1. The van der Waals surface area contributed by atoms with E-state index in [9.17, 15) is 14.4 Å². The van der Waals surface area contributed by atoms with E-state index in [1.54, 1.807) is 68.6 Å². The van der Waals surface area contributed by atoms with E-state index in [1.807, 2.05) is 19.1 Å². The summed E-state index contributed by atoms with van der Waals surface area (Å²) in [5.41, 5.74) is 1.09. The number of carbonyl (C=O) groups is 1. The molecule has 0 spiro atoms. The lowest BCUT2D eigenvalue weighted by molar-refractivity contribution is -0.146. The second kappa shape index (κ2) is 12.2. The number of aromatic nitrogens is 4. The number of esters is 1. The van der Waals surface area contributed by atoms with Gasteiger partial charge in [-0.25, -0.2) is 19.1 Å². The van der Waals surface area contributed by atoms with Gasteiger partial charge in [0.05, 0.1) is 37.5 Å². The third-order valence-electron chi connectivity index (χ3n) is 6.61. The van der Waals surface area contributed by atoms with Crippen molar-refractivity contribution in [1.29, 1.82) is 0 Å². The maximum atomic E-state index is 13.8. The van der Waals surface area contributed by atoms with Gasteiger partial charge in [-0.05, 0) is 74.9 Å². The Morgan fingerprint density at radius 1 is 0.975 bits per heavy atom. The van der Waals surface area contributed by atoms with E-state index in [-0.39, 0.29) is 12.2 Å². The van der Waals surface area contributed by atoms with Crippen LogP contribution in [0.15, 0.2) is 81.4 Å². The van der Waals surface area contributed by atoms with E-state index in [0.717, 1.165) is 15.8 Å². The fourth-order valence-electron chi connectivity index (χ4n) is 4.08. The van der Waals surface area contributed by atoms with Crippen LogP contribution < -0.4 is 21.7 Å². The van der Waals surface area contributed by atoms with E-state index in [4.69, 9.17) is 21.1 Å². The van der Waals surface area contributed by atoms with Crippen molar-refractivity contribution in [3.05, 3.63) is 110 Å². The zero-order valence-corrected chi connectivity index (χ0v) is 23.6. The molecule has 2 aromatic heterocycles. The molecule has 0 aliphatic rings. The van der Waals surface area contributed by atoms with Crippen molar-refractivity contribution >= 4 is 23.3 Å². The molecule has 11 heteroatoms. The predicted molar refractivity (Wildman–Crippen MR) is 151 cm³/mol. The highest BCUT2D eigenvalue weighted by molar-refractivity contribution is 6.30. The second-order valence-electron chi connectivity index (χ2n) is 9.40. The third-order valence-corrected chi connectivity index (χ3v) is 6.87. The van der Waals surface area contributed by atoms with Crippen LogP contribution >= 0.6 is 11.6 Å². The third kappa shape index (κ3) is 6.23. The summed E-state index contributed by atoms with van der Waals surface area (Å²) in [6.07, 6.45) is 1.64. The van der Waals surface area contributed by atoms with Crippen LogP contribution in [0.25, 0.3) is 0 Å². The molecule has 0 aliphatic carbocycles. The largest absolute Gasteiger partial charge is 0.469 e. The molecule has 0 saturated heterocycles. The van der Waals surface area contributed by atoms with Crippen molar-refractivity contribution in [2.75, 3.05) is 7.11 Å². The maximum absolute atomic E-state index is 13.8. The summed E-state index contributed by atoms with van der Waals surface area (Å²) in [5.74, 6) is -0.0902. The molecule has 0 bridgehead atoms. The molecular formula is C29H30ClN5O5. The lowest BCUT2D eigenvalue weighted by atomic mass is 10.0. The van der Waals surface area contributed by atoms with Crippen LogP contribution in [0, 0.1) is 12.8 Å². The zero-order valence-electron chi connectivity index (χ0n) is 22.9. The highest BCUT2D eigenvalue weighted by atomic mass is 35.5. The second-order valence-corrected chi connectivity index (χ2v) is 9.84. The maximum Gasteiger partial charge on any atom is 0.335 e. The van der Waals surface area contributed by atoms with Crippen molar-refractivity contribution in [2.24, 2.45) is 18.0 Å². The molecule has 0 amide bonds. The molecule has 4 rings (SSSR count). The molecule has 40 heavy (non-hydrogen) atoms. The number of carbonyl (C=O) groups excluding carboxylic acids is 1. The first-order valence-electron chi connectivity index (χ1n) is 12.6. The molecule has 2 heterocycles. The molecule has 0 unspecified atom stereocenters. The number of rotatable bonds is 8. The summed E-state index contributed by atoms with van der Waals surface area (Å²) < 4.78 is 14.4. The summed E-state index contributed by atoms with van der Waals surface area (Å²) in [6, 6.07) is 16.9. The van der Waals surface area contributed by atoms with E-state index in [0.29, 0.717) is 22.2 Å². The average molecular weight is 564 g/mol. The van der Waals surface area contributed by atoms with Crippen LogP contribution in [0.4, 0.5) is 5.69 Å². The summed E-state index contributed by atoms with van der Waals surface area (Å²) in [5, 5.41) is 0.556. The highest BCUT2D eigenvalue weighted by Gasteiger charge is 2.27. The lowest BCUT2D eigenvalue weighted by Gasteiger charge is -2.22. The SMILES string of the molecule is COC(=O)[C@@H](C)[C@@H](C)n1c(=O)n(C)c(=Nc2ccc(Oc3ccc(C)nc3)cc2)n(Cc2ccc(Cl)cc2)c1=O. The van der Waals surface area contributed by atoms with Crippen LogP contribution in [0.2, 0.25) is 5.02 Å². The minimum atomic E-state index is -0.767. The topological polar surface area (TPSA) is 110 Å². The van der Waals surface area contributed by atoms with Gasteiger partial charge >= 0.3 is 17.3 Å². The van der Waals surface area contributed by atoms with Crippen molar-refractivity contribution in [3.8, 4) is 11.5 Å². The van der Waals surface area contributed by atoms with Crippen LogP contribution in [0.1, 0.15) is 31.1 Å². The minimum absolute atomic E-state index is 0.115. The predicted octanol–water partition coefficient (Wildman–Crippen LogP) is 4.15. The standard InChI is InChI=1S/C29H30ClN5O5/c1-18-6-13-25(16-31-18)40-24-14-11-23(12-15-24)32-27-33(4)28(37)35(20(3)19(2)26(36)39-5)29(38)34(27)17-21-7-9-22(30)10-8-21/h6-16,19-20H,17H2,1-5H3/t19-,20+/m0/s1. The number of ether oxygens (including phenoxy) is 2. The number of halogens is 1. The fraction of sp³-hybridized carbons (Fsp3) is 0.276. The quantitative estimate of drug-likeness (QED) is 0.298. The zero-order chi connectivity index (χ0) is 29.0. The molecule has 2 aromatic carbocycles. The van der Waals surface area contributed by atoms with Crippen LogP contribution in [0.3, 0.4) is 0 Å². The summed E-state index contributed by atoms with van der Waals surface area (Å²) >= 11 is 6.05. The molecule has 208 valence electrons. The Morgan fingerprint density at radius 3 is 2.23 bits per heavy atom. The smallest absolute Gasteiger partial charge is 0.335 e. The molecule has 2 atom stereocenters. The molecule has 0 saturated carbocycles. The van der Waals surface area contributed by atoms with E-state index in [2.05, 4.69) is 9.98 Å². The summed E-state index contributed by atoms with van der Waals surface area (Å²) in [7, 11) is 2.80. The fourth-order valence-corrected chi connectivity index (χ4v) is 4.21. The van der Waals surface area contributed by atoms with Crippen LogP contribution in [0.5, 0.6) is 11.5 Å².